The fourth-order valence-electron chi connectivity index (χ4n) is 3.90. The number of nitrogens with zero attached hydrogens (tertiary/aromatic N) is 1. The first-order chi connectivity index (χ1) is 20.2. The van der Waals surface area contributed by atoms with Crippen molar-refractivity contribution >= 4 is 40.0 Å². The van der Waals surface area contributed by atoms with Gasteiger partial charge in [0, 0.05) is 22.7 Å². The van der Waals surface area contributed by atoms with Crippen LogP contribution in [0.15, 0.2) is 41.3 Å². The normalized spacial score (nSPS) is 13.8. The summed E-state index contributed by atoms with van der Waals surface area (Å²) < 4.78 is 65.9. The van der Waals surface area contributed by atoms with E-state index in [1.807, 2.05) is 5.92 Å². The Hall–Kier alpha value is -4.41. The molecule has 228 valence electrons. The molecule has 14 heteroatoms. The summed E-state index contributed by atoms with van der Waals surface area (Å²) in [5, 5.41) is 13.2. The molecule has 3 aromatic rings. The SMILES string of the molecule is C#CC(C)(O)COC(=O)CC(NC(=O)C(CC)n1ccc2ccc(Cl)cc2c1=O)C(=O)COc1c(F)c(F)cc(F)c1F. The number of amides is 1. The molecule has 9 nitrogen and oxygen atoms in total. The number of pyridine rings is 1. The second-order valence-electron chi connectivity index (χ2n) is 9.58. The Morgan fingerprint density at radius 1 is 1.14 bits per heavy atom. The maximum absolute atomic E-state index is 14.0. The zero-order chi connectivity index (χ0) is 32.1. The van der Waals surface area contributed by atoms with Gasteiger partial charge >= 0.3 is 5.97 Å². The molecule has 2 N–H and O–H groups in total. The summed E-state index contributed by atoms with van der Waals surface area (Å²) in [6.45, 7) is 0.806. The molecule has 0 saturated heterocycles. The molecule has 2 aromatic carbocycles. The van der Waals surface area contributed by atoms with Crippen molar-refractivity contribution in [2.24, 2.45) is 0 Å². The Kier molecular flexibility index (Phi) is 10.6. The minimum Gasteiger partial charge on any atom is -0.479 e. The van der Waals surface area contributed by atoms with Gasteiger partial charge in [-0.2, -0.15) is 8.78 Å². The first kappa shape index (κ1) is 33.1. The Labute approximate surface area is 247 Å². The number of aliphatic hydroxyl groups is 1. The topological polar surface area (TPSA) is 124 Å². The van der Waals surface area contributed by atoms with Crippen molar-refractivity contribution in [3.05, 3.63) is 75.2 Å². The van der Waals surface area contributed by atoms with Crippen LogP contribution < -0.4 is 15.6 Å². The Balaban J connectivity index is 1.88. The van der Waals surface area contributed by atoms with Crippen LogP contribution >= 0.6 is 11.6 Å². The van der Waals surface area contributed by atoms with Crippen molar-refractivity contribution in [2.75, 3.05) is 13.2 Å². The number of terminal acetylenes is 1. The van der Waals surface area contributed by atoms with Crippen LogP contribution in [0.4, 0.5) is 17.6 Å². The molecule has 43 heavy (non-hydrogen) atoms. The largest absolute Gasteiger partial charge is 0.479 e. The molecule has 1 heterocycles. The lowest BCUT2D eigenvalue weighted by Gasteiger charge is -2.23. The van der Waals surface area contributed by atoms with Gasteiger partial charge < -0.3 is 24.5 Å². The fourth-order valence-corrected chi connectivity index (χ4v) is 4.08. The number of nitrogens with one attached hydrogen (secondary N) is 1. The summed E-state index contributed by atoms with van der Waals surface area (Å²) in [5.74, 6) is -10.2. The molecular formula is C29H25ClF4N2O7. The number of esters is 1. The van der Waals surface area contributed by atoms with E-state index >= 15 is 0 Å². The van der Waals surface area contributed by atoms with Crippen LogP contribution in [-0.4, -0.2) is 52.2 Å². The molecular weight excluding hydrogens is 600 g/mol. The number of halogens is 5. The van der Waals surface area contributed by atoms with Crippen molar-refractivity contribution < 1.29 is 46.5 Å². The van der Waals surface area contributed by atoms with Gasteiger partial charge in [0.05, 0.1) is 6.42 Å². The number of hydrogen-bond acceptors (Lipinski definition) is 7. The molecule has 3 unspecified atom stereocenters. The number of carbonyl (C=O) groups excluding carboxylic acids is 3. The van der Waals surface area contributed by atoms with Crippen LogP contribution in [0, 0.1) is 35.6 Å². The lowest BCUT2D eigenvalue weighted by atomic mass is 10.1. The quantitative estimate of drug-likeness (QED) is 0.137. The number of Topliss-reactive ketones (excluding diaryl/α,β-unsaturated/α-hetero) is 1. The van der Waals surface area contributed by atoms with E-state index in [0.29, 0.717) is 5.39 Å². The molecule has 0 saturated carbocycles. The van der Waals surface area contributed by atoms with Gasteiger partial charge in [-0.25, -0.2) is 8.78 Å². The summed E-state index contributed by atoms with van der Waals surface area (Å²) in [4.78, 5) is 52.0. The zero-order valence-corrected chi connectivity index (χ0v) is 23.5. The summed E-state index contributed by atoms with van der Waals surface area (Å²) in [6, 6.07) is 3.12. The van der Waals surface area contributed by atoms with Crippen LogP contribution in [0.3, 0.4) is 0 Å². The van der Waals surface area contributed by atoms with Crippen LogP contribution in [0.2, 0.25) is 5.02 Å². The molecule has 1 aromatic heterocycles. The molecule has 0 aliphatic heterocycles. The van der Waals surface area contributed by atoms with Crippen LogP contribution in [0.25, 0.3) is 10.8 Å². The minimum atomic E-state index is -1.91. The first-order valence-corrected chi connectivity index (χ1v) is 13.0. The highest BCUT2D eigenvalue weighted by molar-refractivity contribution is 6.31. The third-order valence-corrected chi connectivity index (χ3v) is 6.49. The lowest BCUT2D eigenvalue weighted by Crippen LogP contribution is -2.48. The number of aromatic nitrogens is 1. The number of ketones is 1. The summed E-state index contributed by atoms with van der Waals surface area (Å²) in [7, 11) is 0. The van der Waals surface area contributed by atoms with E-state index in [4.69, 9.17) is 27.5 Å². The molecule has 3 atom stereocenters. The summed E-state index contributed by atoms with van der Waals surface area (Å²) in [6.07, 6.45) is 5.64. The molecule has 0 bridgehead atoms. The zero-order valence-electron chi connectivity index (χ0n) is 22.8. The molecule has 0 radical (unpaired) electrons. The van der Waals surface area contributed by atoms with Gasteiger partial charge in [-0.05, 0) is 36.9 Å². The van der Waals surface area contributed by atoms with E-state index in [-0.39, 0.29) is 22.9 Å². The summed E-state index contributed by atoms with van der Waals surface area (Å²) >= 11 is 6.01. The second-order valence-corrected chi connectivity index (χ2v) is 10.0. The Bertz CT molecular complexity index is 1640. The average molecular weight is 625 g/mol. The average Bonchev–Trinajstić information content (AvgIpc) is 2.96. The molecule has 0 aliphatic carbocycles. The van der Waals surface area contributed by atoms with Gasteiger partial charge in [0.15, 0.2) is 28.8 Å². The minimum absolute atomic E-state index is 0.0314. The monoisotopic (exact) mass is 624 g/mol. The number of ether oxygens (including phenoxy) is 2. The van der Waals surface area contributed by atoms with Gasteiger partial charge in [0.2, 0.25) is 17.5 Å². The number of rotatable bonds is 12. The van der Waals surface area contributed by atoms with E-state index in [1.54, 1.807) is 25.1 Å². The third kappa shape index (κ3) is 7.91. The molecule has 0 fully saturated rings. The van der Waals surface area contributed by atoms with Crippen molar-refractivity contribution in [3.63, 3.8) is 0 Å². The van der Waals surface area contributed by atoms with Crippen molar-refractivity contribution in [3.8, 4) is 18.1 Å². The van der Waals surface area contributed by atoms with E-state index < -0.39 is 89.6 Å². The van der Waals surface area contributed by atoms with Gasteiger partial charge in [0.25, 0.3) is 5.56 Å². The summed E-state index contributed by atoms with van der Waals surface area (Å²) in [5.41, 5.74) is -2.44. The smallest absolute Gasteiger partial charge is 0.308 e. The lowest BCUT2D eigenvalue weighted by molar-refractivity contribution is -0.150. The van der Waals surface area contributed by atoms with Gasteiger partial charge in [-0.3, -0.25) is 19.2 Å². The maximum Gasteiger partial charge on any atom is 0.308 e. The Morgan fingerprint density at radius 2 is 1.79 bits per heavy atom. The molecule has 0 spiro atoms. The van der Waals surface area contributed by atoms with E-state index in [9.17, 15) is 41.8 Å². The molecule has 3 rings (SSSR count). The predicted octanol–water partition coefficient (Wildman–Crippen LogP) is 3.61. The van der Waals surface area contributed by atoms with E-state index in [2.05, 4.69) is 5.32 Å². The third-order valence-electron chi connectivity index (χ3n) is 6.25. The van der Waals surface area contributed by atoms with Gasteiger partial charge in [0.1, 0.15) is 25.3 Å². The van der Waals surface area contributed by atoms with Gasteiger partial charge in [-0.15, -0.1) is 6.42 Å². The van der Waals surface area contributed by atoms with E-state index in [1.165, 1.54) is 19.2 Å². The van der Waals surface area contributed by atoms with E-state index in [0.717, 1.165) is 4.57 Å². The number of hydrogen-bond donors (Lipinski definition) is 2. The highest BCUT2D eigenvalue weighted by Gasteiger charge is 2.31. The Morgan fingerprint density at radius 3 is 2.40 bits per heavy atom. The maximum atomic E-state index is 14.0. The van der Waals surface area contributed by atoms with Gasteiger partial charge in [-0.1, -0.05) is 30.5 Å². The highest BCUT2D eigenvalue weighted by atomic mass is 35.5. The standard InChI is InChI=1S/C29H25ClF4N2O7/c1-4-21(36-9-8-15-6-7-16(30)10-17(15)28(36)40)27(39)35-20(12-23(38)43-14-29(3,41)5-2)22(37)13-42-26-24(33)18(31)11-19(32)25(26)34/h2,6-11,20-21,41H,4,12-14H2,1,3H3,(H,35,39). The highest BCUT2D eigenvalue weighted by Crippen LogP contribution is 2.26. The molecule has 0 aliphatic rings. The second kappa shape index (κ2) is 13.7. The van der Waals surface area contributed by atoms with Crippen molar-refractivity contribution in [1.82, 2.24) is 9.88 Å². The van der Waals surface area contributed by atoms with Crippen molar-refractivity contribution in [2.45, 2.75) is 44.4 Å². The number of carbonyl (C=O) groups is 3. The number of fused-ring (bicyclic) bond motifs is 1. The van der Waals surface area contributed by atoms with Crippen LogP contribution in [0.5, 0.6) is 5.75 Å². The van der Waals surface area contributed by atoms with Crippen LogP contribution in [-0.2, 0) is 19.1 Å². The molecule has 1 amide bonds. The van der Waals surface area contributed by atoms with Crippen LogP contribution in [0.1, 0.15) is 32.7 Å². The number of benzene rings is 2. The first-order valence-electron chi connectivity index (χ1n) is 12.6. The predicted molar refractivity (Wildman–Crippen MR) is 146 cm³/mol. The van der Waals surface area contributed by atoms with Crippen molar-refractivity contribution in [1.29, 1.82) is 0 Å². The fraction of sp³-hybridized carbons (Fsp3) is 0.310.